The van der Waals surface area contributed by atoms with Crippen LogP contribution >= 0.6 is 0 Å². The van der Waals surface area contributed by atoms with E-state index in [4.69, 9.17) is 5.11 Å². The molecule has 0 aliphatic carbocycles. The minimum absolute atomic E-state index is 0.105. The molecule has 0 radical (unpaired) electrons. The highest BCUT2D eigenvalue weighted by Gasteiger charge is 2.35. The predicted molar refractivity (Wildman–Crippen MR) is 56.2 cm³/mol. The number of carboxylic acid groups (broad SMARTS) is 1. The summed E-state index contributed by atoms with van der Waals surface area (Å²) in [6.45, 7) is 5.91. The zero-order chi connectivity index (χ0) is 11.2. The maximum absolute atomic E-state index is 10.6. The van der Waals surface area contributed by atoms with E-state index in [0.29, 0.717) is 6.42 Å². The summed E-state index contributed by atoms with van der Waals surface area (Å²) in [5.74, 6) is -0.808. The molecule has 0 spiro atoms. The van der Waals surface area contributed by atoms with Crippen LogP contribution in [0.4, 0.5) is 0 Å². The van der Waals surface area contributed by atoms with Crippen LogP contribution in [0.5, 0.6) is 0 Å². The Balaban J connectivity index is 4.52. The lowest BCUT2D eigenvalue weighted by atomic mass is 9.78. The van der Waals surface area contributed by atoms with Gasteiger partial charge in [-0.3, -0.25) is 4.79 Å². The quantitative estimate of drug-likeness (QED) is 0.666. The lowest BCUT2D eigenvalue weighted by Crippen LogP contribution is -2.39. The number of carboxylic acids is 1. The smallest absolute Gasteiger partial charge is 0.306 e. The molecule has 2 unspecified atom stereocenters. The fourth-order valence-corrected chi connectivity index (χ4v) is 2.02. The predicted octanol–water partition coefficient (Wildman–Crippen LogP) is 2.43. The van der Waals surface area contributed by atoms with Gasteiger partial charge in [-0.25, -0.2) is 0 Å². The lowest BCUT2D eigenvalue weighted by Gasteiger charge is -2.33. The molecule has 0 heterocycles. The van der Waals surface area contributed by atoms with Crippen LogP contribution < -0.4 is 0 Å². The second kappa shape index (κ2) is 6.02. The molecule has 84 valence electrons. The highest BCUT2D eigenvalue weighted by atomic mass is 16.4. The Labute approximate surface area is 86.1 Å². The average Bonchev–Trinajstić information content (AvgIpc) is 2.12. The summed E-state index contributed by atoms with van der Waals surface area (Å²) >= 11 is 0. The molecule has 0 aliphatic rings. The molecule has 0 amide bonds. The number of rotatable bonds is 7. The van der Waals surface area contributed by atoms with Crippen molar-refractivity contribution in [1.82, 2.24) is 0 Å². The van der Waals surface area contributed by atoms with E-state index in [1.807, 2.05) is 13.8 Å². The van der Waals surface area contributed by atoms with Gasteiger partial charge in [0.05, 0.1) is 12.0 Å². The summed E-state index contributed by atoms with van der Waals surface area (Å²) in [6, 6.07) is 0. The van der Waals surface area contributed by atoms with E-state index in [1.165, 1.54) is 0 Å². The maximum atomic E-state index is 10.6. The van der Waals surface area contributed by atoms with Gasteiger partial charge in [0.2, 0.25) is 0 Å². The number of aliphatic hydroxyl groups is 1. The normalized spacial score (nSPS) is 17.4. The van der Waals surface area contributed by atoms with Crippen molar-refractivity contribution in [3.63, 3.8) is 0 Å². The topological polar surface area (TPSA) is 57.5 Å². The Morgan fingerprint density at radius 3 is 2.21 bits per heavy atom. The van der Waals surface area contributed by atoms with Crippen molar-refractivity contribution in [2.24, 2.45) is 5.92 Å². The van der Waals surface area contributed by atoms with E-state index in [0.717, 1.165) is 19.3 Å². The molecule has 0 aromatic rings. The van der Waals surface area contributed by atoms with Crippen LogP contribution in [0.1, 0.15) is 52.9 Å². The van der Waals surface area contributed by atoms with Crippen molar-refractivity contribution in [2.45, 2.75) is 58.5 Å². The molecule has 0 aromatic carbocycles. The Bertz CT molecular complexity index is 179. The van der Waals surface area contributed by atoms with E-state index in [9.17, 15) is 9.90 Å². The minimum Gasteiger partial charge on any atom is -0.481 e. The van der Waals surface area contributed by atoms with Gasteiger partial charge >= 0.3 is 5.97 Å². The molecule has 0 fully saturated rings. The molecule has 2 N–H and O–H groups in total. The van der Waals surface area contributed by atoms with E-state index < -0.39 is 11.6 Å². The van der Waals surface area contributed by atoms with Crippen molar-refractivity contribution in [2.75, 3.05) is 0 Å². The average molecular weight is 202 g/mol. The zero-order valence-corrected chi connectivity index (χ0v) is 9.42. The maximum Gasteiger partial charge on any atom is 0.306 e. The van der Waals surface area contributed by atoms with Gasteiger partial charge < -0.3 is 10.2 Å². The first kappa shape index (κ1) is 13.4. The molecule has 0 aliphatic heterocycles. The van der Waals surface area contributed by atoms with Crippen molar-refractivity contribution in [1.29, 1.82) is 0 Å². The van der Waals surface area contributed by atoms with Crippen LogP contribution in [0.25, 0.3) is 0 Å². The molecule has 0 bridgehead atoms. The molecule has 0 saturated carbocycles. The Morgan fingerprint density at radius 2 is 1.93 bits per heavy atom. The number of aliphatic carboxylic acids is 1. The Hall–Kier alpha value is -0.570. The van der Waals surface area contributed by atoms with Gasteiger partial charge in [-0.1, -0.05) is 33.6 Å². The van der Waals surface area contributed by atoms with Gasteiger partial charge in [-0.15, -0.1) is 0 Å². The SMILES string of the molecule is CCCC(CC)C(O)(CC)CC(=O)O. The van der Waals surface area contributed by atoms with Gasteiger partial charge in [-0.2, -0.15) is 0 Å². The minimum atomic E-state index is -1.02. The van der Waals surface area contributed by atoms with Crippen molar-refractivity contribution < 1.29 is 15.0 Å². The fraction of sp³-hybridized carbons (Fsp3) is 0.909. The summed E-state index contributed by atoms with van der Waals surface area (Å²) < 4.78 is 0. The Morgan fingerprint density at radius 1 is 1.36 bits per heavy atom. The molecule has 0 aromatic heterocycles. The van der Waals surface area contributed by atoms with Crippen molar-refractivity contribution >= 4 is 5.97 Å². The first-order valence-corrected chi connectivity index (χ1v) is 5.44. The molecular weight excluding hydrogens is 180 g/mol. The van der Waals surface area contributed by atoms with Crippen molar-refractivity contribution in [3.05, 3.63) is 0 Å². The number of hydrogen-bond acceptors (Lipinski definition) is 2. The van der Waals surface area contributed by atoms with E-state index in [2.05, 4.69) is 6.92 Å². The van der Waals surface area contributed by atoms with Gasteiger partial charge in [0.25, 0.3) is 0 Å². The molecule has 3 heteroatoms. The largest absolute Gasteiger partial charge is 0.481 e. The van der Waals surface area contributed by atoms with Crippen molar-refractivity contribution in [3.8, 4) is 0 Å². The third-order valence-electron chi connectivity index (χ3n) is 2.96. The molecule has 0 saturated heterocycles. The highest BCUT2D eigenvalue weighted by Crippen LogP contribution is 2.31. The number of carbonyl (C=O) groups is 1. The fourth-order valence-electron chi connectivity index (χ4n) is 2.02. The third kappa shape index (κ3) is 3.66. The standard InChI is InChI=1S/C11H22O3/c1-4-7-9(5-2)11(14,6-3)8-10(12)13/h9,14H,4-8H2,1-3H3,(H,12,13). The van der Waals surface area contributed by atoms with E-state index in [1.54, 1.807) is 0 Å². The number of hydrogen-bond donors (Lipinski definition) is 2. The van der Waals surface area contributed by atoms with Gasteiger partial charge in [0.1, 0.15) is 0 Å². The second-order valence-electron chi connectivity index (χ2n) is 3.92. The van der Waals surface area contributed by atoms with Crippen LogP contribution in [0, 0.1) is 5.92 Å². The van der Waals surface area contributed by atoms with Crippen LogP contribution in [0.15, 0.2) is 0 Å². The van der Waals surface area contributed by atoms with Crippen LogP contribution in [-0.4, -0.2) is 21.8 Å². The van der Waals surface area contributed by atoms with Gasteiger partial charge in [0.15, 0.2) is 0 Å². The summed E-state index contributed by atoms with van der Waals surface area (Å²) in [5.41, 5.74) is -1.02. The second-order valence-corrected chi connectivity index (χ2v) is 3.92. The molecule has 3 nitrogen and oxygen atoms in total. The highest BCUT2D eigenvalue weighted by molar-refractivity contribution is 5.68. The molecule has 14 heavy (non-hydrogen) atoms. The van der Waals surface area contributed by atoms with Crippen LogP contribution in [0.3, 0.4) is 0 Å². The third-order valence-corrected chi connectivity index (χ3v) is 2.96. The summed E-state index contributed by atoms with van der Waals surface area (Å²) in [5, 5.41) is 18.9. The molecule has 0 rings (SSSR count). The molecule has 2 atom stereocenters. The first-order valence-electron chi connectivity index (χ1n) is 5.44. The Kier molecular flexibility index (Phi) is 5.77. The van der Waals surface area contributed by atoms with Gasteiger partial charge in [-0.05, 0) is 18.8 Å². The monoisotopic (exact) mass is 202 g/mol. The lowest BCUT2D eigenvalue weighted by molar-refractivity contribution is -0.145. The van der Waals surface area contributed by atoms with Gasteiger partial charge in [0, 0.05) is 0 Å². The van der Waals surface area contributed by atoms with Crippen LogP contribution in [0.2, 0.25) is 0 Å². The summed E-state index contributed by atoms with van der Waals surface area (Å²) in [7, 11) is 0. The van der Waals surface area contributed by atoms with E-state index >= 15 is 0 Å². The zero-order valence-electron chi connectivity index (χ0n) is 9.42. The molecular formula is C11H22O3. The summed E-state index contributed by atoms with van der Waals surface area (Å²) in [6.07, 6.45) is 3.10. The first-order chi connectivity index (χ1) is 6.50. The summed E-state index contributed by atoms with van der Waals surface area (Å²) in [4.78, 5) is 10.6. The van der Waals surface area contributed by atoms with E-state index in [-0.39, 0.29) is 12.3 Å². The van der Waals surface area contributed by atoms with Crippen LogP contribution in [-0.2, 0) is 4.79 Å².